The van der Waals surface area contributed by atoms with Gasteiger partial charge in [0, 0.05) is 5.92 Å². The van der Waals surface area contributed by atoms with Crippen molar-refractivity contribution in [1.82, 2.24) is 0 Å². The monoisotopic (exact) mass is 382 g/mol. The molecule has 0 aromatic heterocycles. The fourth-order valence-corrected chi connectivity index (χ4v) is 4.26. The summed E-state index contributed by atoms with van der Waals surface area (Å²) in [5, 5.41) is 9.03. The van der Waals surface area contributed by atoms with E-state index < -0.39 is 11.6 Å². The predicted molar refractivity (Wildman–Crippen MR) is 115 cm³/mol. The summed E-state index contributed by atoms with van der Waals surface area (Å²) in [5.41, 5.74) is 9.88. The Morgan fingerprint density at radius 1 is 0.778 bits per heavy atom. The minimum Gasteiger partial charge on any atom is -0.479 e. The molecular weight excluding hydrogens is 336 g/mol. The Kier molecular flexibility index (Phi) is 13.0. The summed E-state index contributed by atoms with van der Waals surface area (Å²) >= 11 is 0. The Labute approximate surface area is 167 Å². The smallest absolute Gasteiger partial charge is 0.338 e. The molecule has 0 saturated heterocycles. The van der Waals surface area contributed by atoms with Gasteiger partial charge in [-0.15, -0.1) is 0 Å². The first-order valence-electron chi connectivity index (χ1n) is 11.8. The van der Waals surface area contributed by atoms with E-state index in [2.05, 4.69) is 6.92 Å². The highest BCUT2D eigenvalue weighted by Crippen LogP contribution is 2.46. The SMILES string of the molecule is CCCCCCCCCCCCCCCCCCC1CC1C(N)(N)C(=O)O. The molecule has 0 heterocycles. The Hall–Kier alpha value is -0.610. The second kappa shape index (κ2) is 14.4. The van der Waals surface area contributed by atoms with Gasteiger partial charge in [-0.25, -0.2) is 4.79 Å². The van der Waals surface area contributed by atoms with Gasteiger partial charge < -0.3 is 16.6 Å². The highest BCUT2D eigenvalue weighted by molar-refractivity contribution is 5.78. The van der Waals surface area contributed by atoms with Crippen LogP contribution in [0.1, 0.15) is 122 Å². The number of rotatable bonds is 19. The Morgan fingerprint density at radius 3 is 1.52 bits per heavy atom. The van der Waals surface area contributed by atoms with Gasteiger partial charge in [0.1, 0.15) is 0 Å². The number of unbranched alkanes of at least 4 members (excludes halogenated alkanes) is 15. The zero-order chi connectivity index (χ0) is 20.0. The molecule has 4 nitrogen and oxygen atoms in total. The Balaban J connectivity index is 1.76. The second-order valence-electron chi connectivity index (χ2n) is 8.93. The first kappa shape index (κ1) is 24.4. The van der Waals surface area contributed by atoms with Crippen molar-refractivity contribution in [2.75, 3.05) is 0 Å². The van der Waals surface area contributed by atoms with Crippen molar-refractivity contribution in [3.8, 4) is 0 Å². The molecule has 0 aliphatic heterocycles. The molecule has 160 valence electrons. The van der Waals surface area contributed by atoms with E-state index in [0.717, 1.165) is 12.8 Å². The maximum Gasteiger partial charge on any atom is 0.338 e. The Morgan fingerprint density at radius 2 is 1.15 bits per heavy atom. The van der Waals surface area contributed by atoms with Crippen LogP contribution in [0.4, 0.5) is 0 Å². The second-order valence-corrected chi connectivity index (χ2v) is 8.93. The van der Waals surface area contributed by atoms with E-state index in [-0.39, 0.29) is 5.92 Å². The van der Waals surface area contributed by atoms with Crippen LogP contribution < -0.4 is 11.5 Å². The summed E-state index contributed by atoms with van der Waals surface area (Å²) in [6.45, 7) is 2.28. The highest BCUT2D eigenvalue weighted by Gasteiger charge is 2.52. The van der Waals surface area contributed by atoms with E-state index in [9.17, 15) is 4.79 Å². The lowest BCUT2D eigenvalue weighted by molar-refractivity contribution is -0.144. The van der Waals surface area contributed by atoms with Gasteiger partial charge in [-0.3, -0.25) is 0 Å². The lowest BCUT2D eigenvalue weighted by Gasteiger charge is -2.19. The van der Waals surface area contributed by atoms with Crippen LogP contribution in [0.3, 0.4) is 0 Å². The summed E-state index contributed by atoms with van der Waals surface area (Å²) in [6.07, 6.45) is 24.0. The van der Waals surface area contributed by atoms with Gasteiger partial charge in [0.05, 0.1) is 0 Å². The summed E-state index contributed by atoms with van der Waals surface area (Å²) in [7, 11) is 0. The largest absolute Gasteiger partial charge is 0.479 e. The summed E-state index contributed by atoms with van der Waals surface area (Å²) < 4.78 is 0. The maximum absolute atomic E-state index is 11.0. The molecule has 5 N–H and O–H groups in total. The lowest BCUT2D eigenvalue weighted by Crippen LogP contribution is -2.58. The number of carboxylic acids is 1. The molecule has 1 fully saturated rings. The van der Waals surface area contributed by atoms with Crippen molar-refractivity contribution in [2.24, 2.45) is 23.3 Å². The summed E-state index contributed by atoms with van der Waals surface area (Å²) in [4.78, 5) is 11.0. The average Bonchev–Trinajstić information content (AvgIpc) is 3.41. The molecule has 0 aromatic carbocycles. The molecule has 2 atom stereocenters. The Bertz CT molecular complexity index is 385. The van der Waals surface area contributed by atoms with E-state index >= 15 is 0 Å². The van der Waals surface area contributed by atoms with Crippen LogP contribution in [0, 0.1) is 11.8 Å². The summed E-state index contributed by atoms with van der Waals surface area (Å²) in [6, 6.07) is 0. The molecule has 27 heavy (non-hydrogen) atoms. The molecule has 0 bridgehead atoms. The molecule has 1 saturated carbocycles. The van der Waals surface area contributed by atoms with Crippen LogP contribution >= 0.6 is 0 Å². The van der Waals surface area contributed by atoms with Gasteiger partial charge in [0.2, 0.25) is 0 Å². The number of carboxylic acid groups (broad SMARTS) is 1. The van der Waals surface area contributed by atoms with Crippen LogP contribution in [0.25, 0.3) is 0 Å². The third-order valence-electron chi connectivity index (χ3n) is 6.34. The molecular formula is C23H46N2O2. The van der Waals surface area contributed by atoms with E-state index in [4.69, 9.17) is 16.6 Å². The van der Waals surface area contributed by atoms with E-state index in [0.29, 0.717) is 5.92 Å². The number of carbonyl (C=O) groups is 1. The first-order valence-corrected chi connectivity index (χ1v) is 11.8. The van der Waals surface area contributed by atoms with Crippen LogP contribution in [-0.2, 0) is 4.79 Å². The minimum atomic E-state index is -1.51. The van der Waals surface area contributed by atoms with Gasteiger partial charge in [0.15, 0.2) is 5.66 Å². The van der Waals surface area contributed by atoms with Crippen molar-refractivity contribution in [3.05, 3.63) is 0 Å². The van der Waals surface area contributed by atoms with Gasteiger partial charge in [-0.2, -0.15) is 0 Å². The first-order chi connectivity index (χ1) is 13.0. The predicted octanol–water partition coefficient (Wildman–Crippen LogP) is 5.97. The molecule has 0 amide bonds. The molecule has 1 rings (SSSR count). The van der Waals surface area contributed by atoms with Crippen molar-refractivity contribution in [3.63, 3.8) is 0 Å². The number of nitrogens with two attached hydrogens (primary N) is 2. The number of hydrogen-bond donors (Lipinski definition) is 3. The van der Waals surface area contributed by atoms with Crippen LogP contribution in [0.5, 0.6) is 0 Å². The van der Waals surface area contributed by atoms with E-state index in [1.807, 2.05) is 0 Å². The fourth-order valence-electron chi connectivity index (χ4n) is 4.26. The summed E-state index contributed by atoms with van der Waals surface area (Å²) in [5.74, 6) is -0.656. The average molecular weight is 383 g/mol. The topological polar surface area (TPSA) is 89.3 Å². The minimum absolute atomic E-state index is 0.0219. The lowest BCUT2D eigenvalue weighted by atomic mass is 10.0. The number of hydrogen-bond acceptors (Lipinski definition) is 3. The maximum atomic E-state index is 11.0. The zero-order valence-corrected chi connectivity index (χ0v) is 17.9. The molecule has 0 aromatic rings. The van der Waals surface area contributed by atoms with Crippen LogP contribution in [-0.4, -0.2) is 16.7 Å². The highest BCUT2D eigenvalue weighted by atomic mass is 16.4. The third kappa shape index (κ3) is 11.1. The van der Waals surface area contributed by atoms with Crippen LogP contribution in [0.15, 0.2) is 0 Å². The van der Waals surface area contributed by atoms with E-state index in [1.54, 1.807) is 0 Å². The van der Waals surface area contributed by atoms with Crippen molar-refractivity contribution in [2.45, 2.75) is 128 Å². The fraction of sp³-hybridized carbons (Fsp3) is 0.957. The molecule has 1 aliphatic carbocycles. The van der Waals surface area contributed by atoms with Gasteiger partial charge in [-0.1, -0.05) is 116 Å². The molecule has 1 aliphatic rings. The van der Waals surface area contributed by atoms with Crippen molar-refractivity contribution >= 4 is 5.97 Å². The van der Waals surface area contributed by atoms with Crippen LogP contribution in [0.2, 0.25) is 0 Å². The zero-order valence-electron chi connectivity index (χ0n) is 17.9. The van der Waals surface area contributed by atoms with Gasteiger partial charge >= 0.3 is 5.97 Å². The molecule has 4 heteroatoms. The third-order valence-corrected chi connectivity index (χ3v) is 6.34. The standard InChI is InChI=1S/C23H46N2O2/c1-2-3-4-5-6-7-8-9-10-11-12-13-14-15-16-17-18-20-19-21(20)23(24,25)22(26)27/h20-21H,2-19,24-25H2,1H3,(H,26,27). The quantitative estimate of drug-likeness (QED) is 0.189. The molecule has 0 radical (unpaired) electrons. The molecule has 0 spiro atoms. The van der Waals surface area contributed by atoms with Crippen molar-refractivity contribution < 1.29 is 9.90 Å². The van der Waals surface area contributed by atoms with Gasteiger partial charge in [0.25, 0.3) is 0 Å². The van der Waals surface area contributed by atoms with Crippen molar-refractivity contribution in [1.29, 1.82) is 0 Å². The van der Waals surface area contributed by atoms with Gasteiger partial charge in [-0.05, 0) is 12.3 Å². The van der Waals surface area contributed by atoms with E-state index in [1.165, 1.54) is 103 Å². The normalized spacial score (nSPS) is 19.4. The number of aliphatic carboxylic acids is 1. The molecule has 2 unspecified atom stereocenters.